The second kappa shape index (κ2) is 8.98. The topological polar surface area (TPSA) is 30.5 Å². The van der Waals surface area contributed by atoms with E-state index < -0.39 is 0 Å². The molecule has 114 valence electrons. The molecule has 0 aliphatic rings. The number of rotatable bonds is 9. The number of methoxy groups -OCH3 is 1. The van der Waals surface area contributed by atoms with Crippen LogP contribution in [-0.4, -0.2) is 32.4 Å². The lowest BCUT2D eigenvalue weighted by atomic mass is 10.0. The third kappa shape index (κ3) is 5.93. The minimum Gasteiger partial charge on any atom is -0.497 e. The van der Waals surface area contributed by atoms with Gasteiger partial charge in [0.1, 0.15) is 5.75 Å². The van der Waals surface area contributed by atoms with Crippen molar-refractivity contribution in [2.75, 3.05) is 20.3 Å². The van der Waals surface area contributed by atoms with Crippen LogP contribution in [0.5, 0.6) is 5.75 Å². The van der Waals surface area contributed by atoms with E-state index in [-0.39, 0.29) is 0 Å². The van der Waals surface area contributed by atoms with Gasteiger partial charge in [-0.1, -0.05) is 26.0 Å². The highest BCUT2D eigenvalue weighted by Crippen LogP contribution is 2.13. The molecule has 2 atom stereocenters. The Morgan fingerprint density at radius 3 is 2.25 bits per heavy atom. The molecule has 20 heavy (non-hydrogen) atoms. The van der Waals surface area contributed by atoms with Crippen molar-refractivity contribution >= 4 is 0 Å². The Morgan fingerprint density at radius 2 is 1.75 bits per heavy atom. The Balaban J connectivity index is 2.49. The van der Waals surface area contributed by atoms with Gasteiger partial charge in [0, 0.05) is 18.7 Å². The minimum absolute atomic E-state index is 0.406. The van der Waals surface area contributed by atoms with E-state index in [0.717, 1.165) is 25.4 Å². The summed E-state index contributed by atoms with van der Waals surface area (Å²) in [5, 5.41) is 3.67. The van der Waals surface area contributed by atoms with Crippen LogP contribution in [0.3, 0.4) is 0 Å². The van der Waals surface area contributed by atoms with E-state index in [1.54, 1.807) is 7.11 Å². The molecule has 1 N–H and O–H groups in total. The summed E-state index contributed by atoms with van der Waals surface area (Å²) in [6.07, 6.45) is 1.01. The van der Waals surface area contributed by atoms with Crippen LogP contribution in [0.15, 0.2) is 24.3 Å². The van der Waals surface area contributed by atoms with Gasteiger partial charge in [0.15, 0.2) is 0 Å². The summed E-state index contributed by atoms with van der Waals surface area (Å²) in [5.74, 6) is 1.48. The van der Waals surface area contributed by atoms with Crippen molar-refractivity contribution in [1.82, 2.24) is 5.32 Å². The molecule has 0 bridgehead atoms. The van der Waals surface area contributed by atoms with Crippen molar-refractivity contribution in [3.8, 4) is 5.75 Å². The Hall–Kier alpha value is -1.06. The lowest BCUT2D eigenvalue weighted by molar-refractivity contribution is 0.104. The molecule has 3 nitrogen and oxygen atoms in total. The highest BCUT2D eigenvalue weighted by molar-refractivity contribution is 5.27. The lowest BCUT2D eigenvalue weighted by Gasteiger charge is -2.26. The predicted octanol–water partition coefficient (Wildman–Crippen LogP) is 3.28. The first-order valence-electron chi connectivity index (χ1n) is 7.53. The Kier molecular flexibility index (Phi) is 7.63. The molecule has 1 rings (SSSR count). The van der Waals surface area contributed by atoms with Crippen LogP contribution < -0.4 is 10.1 Å². The molecule has 1 aromatic carbocycles. The van der Waals surface area contributed by atoms with E-state index in [4.69, 9.17) is 9.47 Å². The van der Waals surface area contributed by atoms with Gasteiger partial charge in [-0.2, -0.15) is 0 Å². The smallest absolute Gasteiger partial charge is 0.118 e. The van der Waals surface area contributed by atoms with E-state index in [1.165, 1.54) is 5.56 Å². The van der Waals surface area contributed by atoms with Gasteiger partial charge in [0.05, 0.1) is 13.7 Å². The molecular formula is C17H29NO2. The number of hydrogen-bond acceptors (Lipinski definition) is 3. The van der Waals surface area contributed by atoms with Crippen LogP contribution in [0.25, 0.3) is 0 Å². The van der Waals surface area contributed by atoms with Crippen LogP contribution >= 0.6 is 0 Å². The Labute approximate surface area is 123 Å². The van der Waals surface area contributed by atoms with Crippen LogP contribution in [-0.2, 0) is 11.2 Å². The average molecular weight is 279 g/mol. The molecule has 3 heteroatoms. The minimum atomic E-state index is 0.406. The van der Waals surface area contributed by atoms with Crippen molar-refractivity contribution < 1.29 is 9.47 Å². The summed E-state index contributed by atoms with van der Waals surface area (Å²) >= 11 is 0. The van der Waals surface area contributed by atoms with Crippen LogP contribution in [0.1, 0.15) is 33.3 Å². The van der Waals surface area contributed by atoms with Gasteiger partial charge in [-0.05, 0) is 43.9 Å². The molecule has 0 saturated carbocycles. The fourth-order valence-corrected chi connectivity index (χ4v) is 2.22. The van der Waals surface area contributed by atoms with Gasteiger partial charge in [0.2, 0.25) is 0 Å². The van der Waals surface area contributed by atoms with Crippen molar-refractivity contribution in [2.45, 2.75) is 46.2 Å². The maximum absolute atomic E-state index is 5.56. The fraction of sp³-hybridized carbons (Fsp3) is 0.647. The van der Waals surface area contributed by atoms with Crippen molar-refractivity contribution in [2.24, 2.45) is 5.92 Å². The van der Waals surface area contributed by atoms with Crippen molar-refractivity contribution in [3.63, 3.8) is 0 Å². The molecule has 0 saturated heterocycles. The van der Waals surface area contributed by atoms with E-state index >= 15 is 0 Å². The highest BCUT2D eigenvalue weighted by atomic mass is 16.5. The average Bonchev–Trinajstić information content (AvgIpc) is 2.44. The Bertz CT molecular complexity index is 362. The molecule has 0 spiro atoms. The molecule has 0 aliphatic carbocycles. The second-order valence-corrected chi connectivity index (χ2v) is 5.63. The standard InChI is InChI=1S/C17H29NO2/c1-6-20-12-17(13(2)3)18-14(4)11-15-7-9-16(19-5)10-8-15/h7-10,13-14,17-18H,6,11-12H2,1-5H3. The molecule has 1 aromatic rings. The summed E-state index contributed by atoms with van der Waals surface area (Å²) in [7, 11) is 1.69. The lowest BCUT2D eigenvalue weighted by Crippen LogP contribution is -2.44. The quantitative estimate of drug-likeness (QED) is 0.752. The second-order valence-electron chi connectivity index (χ2n) is 5.63. The molecule has 0 amide bonds. The van der Waals surface area contributed by atoms with Gasteiger partial charge in [0.25, 0.3) is 0 Å². The zero-order chi connectivity index (χ0) is 15.0. The zero-order valence-electron chi connectivity index (χ0n) is 13.5. The first-order valence-corrected chi connectivity index (χ1v) is 7.53. The molecule has 0 fully saturated rings. The van der Waals surface area contributed by atoms with E-state index in [1.807, 2.05) is 19.1 Å². The summed E-state index contributed by atoms with van der Waals surface area (Å²) in [6.45, 7) is 10.3. The van der Waals surface area contributed by atoms with Gasteiger partial charge in [-0.15, -0.1) is 0 Å². The molecular weight excluding hydrogens is 250 g/mol. The molecule has 0 heterocycles. The highest BCUT2D eigenvalue weighted by Gasteiger charge is 2.16. The maximum Gasteiger partial charge on any atom is 0.118 e. The van der Waals surface area contributed by atoms with Crippen LogP contribution in [0.2, 0.25) is 0 Å². The van der Waals surface area contributed by atoms with Gasteiger partial charge >= 0.3 is 0 Å². The number of benzene rings is 1. The molecule has 0 aliphatic heterocycles. The van der Waals surface area contributed by atoms with E-state index in [9.17, 15) is 0 Å². The molecule has 0 aromatic heterocycles. The van der Waals surface area contributed by atoms with Crippen molar-refractivity contribution in [3.05, 3.63) is 29.8 Å². The summed E-state index contributed by atoms with van der Waals surface area (Å²) < 4.78 is 10.7. The number of ether oxygens (including phenoxy) is 2. The maximum atomic E-state index is 5.56. The van der Waals surface area contributed by atoms with Crippen molar-refractivity contribution in [1.29, 1.82) is 0 Å². The third-order valence-electron chi connectivity index (χ3n) is 3.51. The zero-order valence-corrected chi connectivity index (χ0v) is 13.5. The number of nitrogens with one attached hydrogen (secondary N) is 1. The summed E-state index contributed by atoms with van der Waals surface area (Å²) in [4.78, 5) is 0. The fourth-order valence-electron chi connectivity index (χ4n) is 2.22. The predicted molar refractivity (Wildman–Crippen MR) is 84.4 cm³/mol. The van der Waals surface area contributed by atoms with Gasteiger partial charge in [-0.25, -0.2) is 0 Å². The monoisotopic (exact) mass is 279 g/mol. The summed E-state index contributed by atoms with van der Waals surface area (Å²) in [5.41, 5.74) is 1.32. The first kappa shape index (κ1) is 17.0. The van der Waals surface area contributed by atoms with Crippen LogP contribution in [0, 0.1) is 5.92 Å². The largest absolute Gasteiger partial charge is 0.497 e. The first-order chi connectivity index (χ1) is 9.56. The number of hydrogen-bond donors (Lipinski definition) is 1. The normalized spacial score (nSPS) is 14.3. The van der Waals surface area contributed by atoms with E-state index in [0.29, 0.717) is 18.0 Å². The SMILES string of the molecule is CCOCC(NC(C)Cc1ccc(OC)cc1)C(C)C. The molecule has 2 unspecified atom stereocenters. The third-order valence-corrected chi connectivity index (χ3v) is 3.51. The summed E-state index contributed by atoms with van der Waals surface area (Å²) in [6, 6.07) is 9.12. The van der Waals surface area contributed by atoms with Gasteiger partial charge in [-0.3, -0.25) is 0 Å². The Morgan fingerprint density at radius 1 is 1.10 bits per heavy atom. The van der Waals surface area contributed by atoms with Crippen LogP contribution in [0.4, 0.5) is 0 Å². The van der Waals surface area contributed by atoms with Gasteiger partial charge < -0.3 is 14.8 Å². The van der Waals surface area contributed by atoms with E-state index in [2.05, 4.69) is 38.2 Å². The molecule has 0 radical (unpaired) electrons.